The van der Waals surface area contributed by atoms with Crippen LogP contribution in [0.2, 0.25) is 0 Å². The lowest BCUT2D eigenvalue weighted by molar-refractivity contribution is -0.154. The number of carbonyl (C=O) groups excluding carboxylic acids is 1. The van der Waals surface area contributed by atoms with Crippen LogP contribution in [0.25, 0.3) is 0 Å². The molecule has 0 heterocycles. The summed E-state index contributed by atoms with van der Waals surface area (Å²) in [7, 11) is 0. The van der Waals surface area contributed by atoms with Gasteiger partial charge in [0.25, 0.3) is 0 Å². The standard InChI is InChI=1S/C45H70O4/c1-3-5-7-9-11-13-15-17-19-21-23-24-26-28-30-32-34-36-38-40-45(47)49-44(42-46)43-48-41-39-37-35-33-31-29-27-25-22-20-18-16-14-12-10-8-6-4-2/h5-8,11-14,17-20,23-25,27-28,30,34,36,44,46H,3-4,9-10,15-16,21-22,26,29,31-33,35,37-43H2,1-2H3/b7-5-,8-6-,13-11-,14-12-,19-17-,20-18-,24-23-,27-25-,30-28-,36-34-. The summed E-state index contributed by atoms with van der Waals surface area (Å²) in [6, 6.07) is 0. The van der Waals surface area contributed by atoms with Gasteiger partial charge in [-0.1, -0.05) is 155 Å². The highest BCUT2D eigenvalue weighted by atomic mass is 16.6. The fourth-order valence-electron chi connectivity index (χ4n) is 4.52. The second kappa shape index (κ2) is 41.0. The van der Waals surface area contributed by atoms with Gasteiger partial charge in [0.1, 0.15) is 6.10 Å². The maximum Gasteiger partial charge on any atom is 0.306 e. The monoisotopic (exact) mass is 675 g/mol. The van der Waals surface area contributed by atoms with Crippen LogP contribution in [0.4, 0.5) is 0 Å². The van der Waals surface area contributed by atoms with E-state index in [0.717, 1.165) is 83.5 Å². The molecule has 0 amide bonds. The van der Waals surface area contributed by atoms with Crippen LogP contribution in [0.15, 0.2) is 122 Å². The smallest absolute Gasteiger partial charge is 0.306 e. The lowest BCUT2D eigenvalue weighted by Gasteiger charge is -2.15. The Morgan fingerprint density at radius 3 is 1.29 bits per heavy atom. The molecule has 4 nitrogen and oxygen atoms in total. The van der Waals surface area contributed by atoms with Crippen molar-refractivity contribution < 1.29 is 19.4 Å². The Morgan fingerprint density at radius 2 is 0.857 bits per heavy atom. The van der Waals surface area contributed by atoms with E-state index in [-0.39, 0.29) is 19.2 Å². The van der Waals surface area contributed by atoms with Crippen LogP contribution in [0, 0.1) is 0 Å². The van der Waals surface area contributed by atoms with Gasteiger partial charge in [0.15, 0.2) is 0 Å². The maximum atomic E-state index is 12.1. The van der Waals surface area contributed by atoms with Crippen LogP contribution in [0.1, 0.15) is 129 Å². The summed E-state index contributed by atoms with van der Waals surface area (Å²) >= 11 is 0. The molecular weight excluding hydrogens is 604 g/mol. The van der Waals surface area contributed by atoms with Crippen LogP contribution < -0.4 is 0 Å². The molecule has 0 saturated heterocycles. The molecule has 0 aliphatic heterocycles. The second-order valence-corrected chi connectivity index (χ2v) is 11.9. The molecule has 0 aromatic carbocycles. The Labute approximate surface area is 301 Å². The van der Waals surface area contributed by atoms with Gasteiger partial charge in [-0.2, -0.15) is 0 Å². The minimum absolute atomic E-state index is 0.219. The lowest BCUT2D eigenvalue weighted by atomic mass is 10.1. The zero-order chi connectivity index (χ0) is 35.6. The Bertz CT molecular complexity index is 1020. The first kappa shape index (κ1) is 45.8. The third kappa shape index (κ3) is 39.1. The van der Waals surface area contributed by atoms with Gasteiger partial charge >= 0.3 is 5.97 Å². The van der Waals surface area contributed by atoms with Crippen LogP contribution in [-0.4, -0.2) is 37.0 Å². The summed E-state index contributed by atoms with van der Waals surface area (Å²) in [4.78, 5) is 12.1. The summed E-state index contributed by atoms with van der Waals surface area (Å²) in [5.41, 5.74) is 0. The molecule has 0 aliphatic carbocycles. The Morgan fingerprint density at radius 1 is 0.490 bits per heavy atom. The van der Waals surface area contributed by atoms with Crippen molar-refractivity contribution in [1.29, 1.82) is 0 Å². The molecule has 0 aromatic rings. The summed E-state index contributed by atoms with van der Waals surface area (Å²) in [5, 5.41) is 9.56. The van der Waals surface area contributed by atoms with Crippen LogP contribution >= 0.6 is 0 Å². The lowest BCUT2D eigenvalue weighted by Crippen LogP contribution is -2.27. The van der Waals surface area contributed by atoms with Crippen molar-refractivity contribution in [2.45, 2.75) is 136 Å². The molecule has 0 aromatic heterocycles. The van der Waals surface area contributed by atoms with Crippen LogP contribution in [0.5, 0.6) is 0 Å². The zero-order valence-electron chi connectivity index (χ0n) is 31.1. The first-order chi connectivity index (χ1) is 24.2. The third-order valence-corrected chi connectivity index (χ3v) is 7.30. The molecule has 0 spiro atoms. The fourth-order valence-corrected chi connectivity index (χ4v) is 4.52. The number of ether oxygens (including phenoxy) is 2. The van der Waals surface area contributed by atoms with Crippen molar-refractivity contribution in [3.05, 3.63) is 122 Å². The van der Waals surface area contributed by atoms with E-state index in [4.69, 9.17) is 9.47 Å². The molecule has 0 radical (unpaired) electrons. The molecule has 0 saturated carbocycles. The Kier molecular flexibility index (Phi) is 38.3. The van der Waals surface area contributed by atoms with Gasteiger partial charge < -0.3 is 14.6 Å². The molecule has 1 atom stereocenters. The first-order valence-electron chi connectivity index (χ1n) is 19.1. The quantitative estimate of drug-likeness (QED) is 0.0428. The topological polar surface area (TPSA) is 55.8 Å². The van der Waals surface area contributed by atoms with Gasteiger partial charge in [-0.15, -0.1) is 0 Å². The Hall–Kier alpha value is -3.21. The largest absolute Gasteiger partial charge is 0.457 e. The van der Waals surface area contributed by atoms with Crippen molar-refractivity contribution >= 4 is 5.97 Å². The van der Waals surface area contributed by atoms with Crippen molar-refractivity contribution in [2.24, 2.45) is 0 Å². The molecule has 1 unspecified atom stereocenters. The molecular formula is C45H70O4. The average Bonchev–Trinajstić information content (AvgIpc) is 3.11. The van der Waals surface area contributed by atoms with Gasteiger partial charge in [0, 0.05) is 13.0 Å². The van der Waals surface area contributed by atoms with Crippen molar-refractivity contribution in [1.82, 2.24) is 0 Å². The summed E-state index contributed by atoms with van der Waals surface area (Å²) in [6.45, 7) is 4.96. The fraction of sp³-hybridized carbons (Fsp3) is 0.533. The van der Waals surface area contributed by atoms with Crippen molar-refractivity contribution in [3.63, 3.8) is 0 Å². The predicted molar refractivity (Wildman–Crippen MR) is 214 cm³/mol. The first-order valence-corrected chi connectivity index (χ1v) is 19.1. The maximum absolute atomic E-state index is 12.1. The van der Waals surface area contributed by atoms with E-state index in [2.05, 4.69) is 129 Å². The summed E-state index contributed by atoms with van der Waals surface area (Å²) in [6.07, 6.45) is 61.1. The number of unbranched alkanes of at least 4 members (excludes halogenated alkanes) is 5. The summed E-state index contributed by atoms with van der Waals surface area (Å²) in [5.74, 6) is -0.296. The Balaban J connectivity index is 3.68. The van der Waals surface area contributed by atoms with Crippen molar-refractivity contribution in [2.75, 3.05) is 19.8 Å². The second-order valence-electron chi connectivity index (χ2n) is 11.9. The van der Waals surface area contributed by atoms with Crippen LogP contribution in [-0.2, 0) is 14.3 Å². The third-order valence-electron chi connectivity index (χ3n) is 7.30. The molecule has 1 N–H and O–H groups in total. The minimum atomic E-state index is -0.594. The molecule has 274 valence electrons. The van der Waals surface area contributed by atoms with Crippen molar-refractivity contribution in [3.8, 4) is 0 Å². The number of esters is 1. The van der Waals surface area contributed by atoms with Gasteiger partial charge in [-0.25, -0.2) is 0 Å². The van der Waals surface area contributed by atoms with Gasteiger partial charge in [-0.3, -0.25) is 4.79 Å². The zero-order valence-corrected chi connectivity index (χ0v) is 31.1. The summed E-state index contributed by atoms with van der Waals surface area (Å²) < 4.78 is 11.0. The number of rotatable bonds is 33. The molecule has 49 heavy (non-hydrogen) atoms. The SMILES string of the molecule is CC/C=C\C/C=C\C/C=C\C/C=C\C/C=C\C/C=C\CCC(=O)OC(CO)COCCCCCCC/C=C\C/C=C\C/C=C\C/C=C\CC. The van der Waals surface area contributed by atoms with E-state index in [0.29, 0.717) is 19.4 Å². The number of hydrogen-bond acceptors (Lipinski definition) is 4. The molecule has 0 rings (SSSR count). The number of allylic oxidation sites excluding steroid dienone is 20. The number of hydrogen-bond donors (Lipinski definition) is 1. The van der Waals surface area contributed by atoms with Gasteiger partial charge in [-0.05, 0) is 89.9 Å². The highest BCUT2D eigenvalue weighted by Crippen LogP contribution is 2.08. The van der Waals surface area contributed by atoms with E-state index >= 15 is 0 Å². The van der Waals surface area contributed by atoms with Crippen LogP contribution in [0.3, 0.4) is 0 Å². The van der Waals surface area contributed by atoms with E-state index in [1.807, 2.05) is 6.08 Å². The minimum Gasteiger partial charge on any atom is -0.457 e. The van der Waals surface area contributed by atoms with Gasteiger partial charge in [0.2, 0.25) is 0 Å². The molecule has 4 heteroatoms. The average molecular weight is 675 g/mol. The van der Waals surface area contributed by atoms with E-state index in [9.17, 15) is 9.90 Å². The molecule has 0 aliphatic rings. The predicted octanol–water partition coefficient (Wildman–Crippen LogP) is 12.5. The van der Waals surface area contributed by atoms with E-state index < -0.39 is 6.10 Å². The van der Waals surface area contributed by atoms with Gasteiger partial charge in [0.05, 0.1) is 13.2 Å². The normalized spacial score (nSPS) is 13.8. The number of aliphatic hydroxyl groups is 1. The van der Waals surface area contributed by atoms with E-state index in [1.165, 1.54) is 19.3 Å². The highest BCUT2D eigenvalue weighted by molar-refractivity contribution is 5.69. The van der Waals surface area contributed by atoms with E-state index in [1.54, 1.807) is 0 Å². The number of carbonyl (C=O) groups is 1. The number of aliphatic hydroxyl groups excluding tert-OH is 1. The molecule has 0 fully saturated rings. The highest BCUT2D eigenvalue weighted by Gasteiger charge is 2.13. The molecule has 0 bridgehead atoms.